The Morgan fingerprint density at radius 1 is 1.15 bits per heavy atom. The highest BCUT2D eigenvalue weighted by Gasteiger charge is 2.18. The fourth-order valence-electron chi connectivity index (χ4n) is 2.59. The number of morpholine rings is 1. The number of nitrogens with one attached hydrogen (secondary N) is 2. The van der Waals surface area contributed by atoms with E-state index in [1.807, 2.05) is 0 Å². The summed E-state index contributed by atoms with van der Waals surface area (Å²) in [6.07, 6.45) is 0.544. The third kappa shape index (κ3) is 4.62. The third-order valence-corrected chi connectivity index (χ3v) is 4.02. The molecule has 0 saturated carbocycles. The third-order valence-electron chi connectivity index (χ3n) is 4.02. The van der Waals surface area contributed by atoms with Gasteiger partial charge in [-0.25, -0.2) is 4.79 Å². The number of furan rings is 1. The van der Waals surface area contributed by atoms with E-state index in [-0.39, 0.29) is 12.5 Å². The molecule has 1 saturated heterocycles. The molecule has 0 bridgehead atoms. The summed E-state index contributed by atoms with van der Waals surface area (Å²) in [5, 5.41) is 15.1. The molecule has 26 heavy (non-hydrogen) atoms. The quantitative estimate of drug-likeness (QED) is 0.752. The highest BCUT2D eigenvalue weighted by molar-refractivity contribution is 5.95. The van der Waals surface area contributed by atoms with Gasteiger partial charge in [-0.1, -0.05) is 0 Å². The second-order valence-electron chi connectivity index (χ2n) is 5.85. The van der Waals surface area contributed by atoms with Gasteiger partial charge in [0.25, 0.3) is 5.91 Å². The van der Waals surface area contributed by atoms with Gasteiger partial charge in [-0.05, 0) is 36.4 Å². The zero-order chi connectivity index (χ0) is 18.4. The van der Waals surface area contributed by atoms with Crippen LogP contribution in [0.4, 0.5) is 10.5 Å². The second-order valence-corrected chi connectivity index (χ2v) is 5.85. The molecule has 2 heterocycles. The lowest BCUT2D eigenvalue weighted by Gasteiger charge is -2.26. The fourth-order valence-corrected chi connectivity index (χ4v) is 2.59. The van der Waals surface area contributed by atoms with Gasteiger partial charge in [0.15, 0.2) is 0 Å². The van der Waals surface area contributed by atoms with E-state index in [9.17, 15) is 14.7 Å². The largest absolute Gasteiger partial charge is 0.467 e. The van der Waals surface area contributed by atoms with Crippen molar-refractivity contribution in [3.63, 3.8) is 0 Å². The van der Waals surface area contributed by atoms with Crippen molar-refractivity contribution < 1.29 is 23.8 Å². The van der Waals surface area contributed by atoms with Crippen LogP contribution in [0, 0.1) is 0 Å². The van der Waals surface area contributed by atoms with Crippen LogP contribution < -0.4 is 10.6 Å². The lowest BCUT2D eigenvalue weighted by Crippen LogP contribution is -2.40. The van der Waals surface area contributed by atoms with Crippen LogP contribution in [-0.4, -0.2) is 54.8 Å². The Morgan fingerprint density at radius 2 is 1.88 bits per heavy atom. The topological polar surface area (TPSA) is 104 Å². The van der Waals surface area contributed by atoms with Crippen LogP contribution in [0.2, 0.25) is 0 Å². The molecule has 1 fully saturated rings. The molecular formula is C18H21N3O5. The van der Waals surface area contributed by atoms with E-state index in [2.05, 4.69) is 10.6 Å². The van der Waals surface area contributed by atoms with E-state index < -0.39 is 12.1 Å². The van der Waals surface area contributed by atoms with Crippen LogP contribution in [0.25, 0.3) is 0 Å². The van der Waals surface area contributed by atoms with Crippen LogP contribution in [-0.2, 0) is 4.74 Å². The number of ether oxygens (including phenoxy) is 1. The van der Waals surface area contributed by atoms with Crippen LogP contribution in [0.1, 0.15) is 22.2 Å². The van der Waals surface area contributed by atoms with E-state index in [0.29, 0.717) is 43.3 Å². The molecule has 3 N–H and O–H groups in total. The Hall–Kier alpha value is -2.84. The van der Waals surface area contributed by atoms with E-state index in [0.717, 1.165) is 0 Å². The number of rotatable bonds is 5. The average molecular weight is 359 g/mol. The molecule has 3 rings (SSSR count). The fraction of sp³-hybridized carbons (Fsp3) is 0.333. The van der Waals surface area contributed by atoms with E-state index in [4.69, 9.17) is 9.15 Å². The molecule has 3 amide bonds. The summed E-state index contributed by atoms with van der Waals surface area (Å²) in [6.45, 7) is 2.29. The van der Waals surface area contributed by atoms with Gasteiger partial charge < -0.3 is 29.8 Å². The van der Waals surface area contributed by atoms with Gasteiger partial charge in [-0.2, -0.15) is 0 Å². The van der Waals surface area contributed by atoms with Crippen LogP contribution in [0.3, 0.4) is 0 Å². The lowest BCUT2D eigenvalue weighted by atomic mass is 10.1. The van der Waals surface area contributed by atoms with E-state index in [1.165, 1.54) is 6.26 Å². The molecule has 1 atom stereocenters. The summed E-state index contributed by atoms with van der Waals surface area (Å²) in [5.74, 6) is 0.335. The molecule has 0 radical (unpaired) electrons. The Labute approximate surface area is 150 Å². The Morgan fingerprint density at radius 3 is 2.54 bits per heavy atom. The Bertz CT molecular complexity index is 724. The molecule has 1 unspecified atom stereocenters. The van der Waals surface area contributed by atoms with Gasteiger partial charge in [0, 0.05) is 24.3 Å². The number of nitrogens with zero attached hydrogens (tertiary/aromatic N) is 1. The van der Waals surface area contributed by atoms with Crippen molar-refractivity contribution in [3.8, 4) is 0 Å². The Kier molecular flexibility index (Phi) is 5.88. The number of amides is 3. The number of aliphatic hydroxyl groups excluding tert-OH is 1. The van der Waals surface area contributed by atoms with Gasteiger partial charge in [-0.15, -0.1) is 0 Å². The number of aliphatic hydroxyl groups is 1. The maximum Gasteiger partial charge on any atom is 0.319 e. The van der Waals surface area contributed by atoms with Crippen molar-refractivity contribution in [1.29, 1.82) is 0 Å². The molecule has 8 heteroatoms. The molecule has 8 nitrogen and oxygen atoms in total. The maximum atomic E-state index is 12.4. The minimum absolute atomic E-state index is 0.0208. The van der Waals surface area contributed by atoms with Gasteiger partial charge in [0.1, 0.15) is 11.9 Å². The van der Waals surface area contributed by atoms with Gasteiger partial charge >= 0.3 is 6.03 Å². The monoisotopic (exact) mass is 359 g/mol. The van der Waals surface area contributed by atoms with Gasteiger partial charge in [0.05, 0.1) is 26.0 Å². The molecule has 0 aliphatic carbocycles. The summed E-state index contributed by atoms with van der Waals surface area (Å²) in [4.78, 5) is 26.0. The first kappa shape index (κ1) is 18.0. The van der Waals surface area contributed by atoms with Crippen molar-refractivity contribution in [2.75, 3.05) is 38.2 Å². The summed E-state index contributed by atoms with van der Waals surface area (Å²) in [7, 11) is 0. The van der Waals surface area contributed by atoms with Crippen LogP contribution in [0.15, 0.2) is 47.1 Å². The smallest absolute Gasteiger partial charge is 0.319 e. The highest BCUT2D eigenvalue weighted by atomic mass is 16.5. The molecular weight excluding hydrogens is 338 g/mol. The summed E-state index contributed by atoms with van der Waals surface area (Å²) >= 11 is 0. The molecule has 1 aliphatic rings. The zero-order valence-corrected chi connectivity index (χ0v) is 14.2. The predicted molar refractivity (Wildman–Crippen MR) is 93.9 cm³/mol. The number of anilines is 1. The van der Waals surface area contributed by atoms with Gasteiger partial charge in [-0.3, -0.25) is 4.79 Å². The first-order chi connectivity index (χ1) is 12.6. The van der Waals surface area contributed by atoms with Crippen LogP contribution in [0.5, 0.6) is 0 Å². The number of urea groups is 1. The average Bonchev–Trinajstić information content (AvgIpc) is 3.22. The number of carbonyl (C=O) groups excluding carboxylic acids is 2. The Balaban J connectivity index is 1.48. The summed E-state index contributed by atoms with van der Waals surface area (Å²) in [6, 6.07) is 9.51. The summed E-state index contributed by atoms with van der Waals surface area (Å²) in [5.41, 5.74) is 1.11. The summed E-state index contributed by atoms with van der Waals surface area (Å²) < 4.78 is 10.3. The standard InChI is InChI=1S/C18H21N3O5/c22-15(16-2-1-9-26-16)12-19-18(24)20-14-5-3-13(4-6-14)17(23)21-7-10-25-11-8-21/h1-6,9,15,22H,7-8,10-12H2,(H2,19,20,24). The second kappa shape index (κ2) is 8.50. The minimum atomic E-state index is -0.913. The molecule has 1 aromatic carbocycles. The predicted octanol–water partition coefficient (Wildman–Crippen LogP) is 1.61. The number of carbonyl (C=O) groups is 2. The normalized spacial score (nSPS) is 15.3. The molecule has 2 aromatic rings. The highest BCUT2D eigenvalue weighted by Crippen LogP contribution is 2.14. The van der Waals surface area contributed by atoms with Crippen LogP contribution >= 0.6 is 0 Å². The first-order valence-electron chi connectivity index (χ1n) is 8.37. The van der Waals surface area contributed by atoms with Crippen molar-refractivity contribution in [1.82, 2.24) is 10.2 Å². The minimum Gasteiger partial charge on any atom is -0.467 e. The maximum absolute atomic E-state index is 12.4. The molecule has 0 spiro atoms. The first-order valence-corrected chi connectivity index (χ1v) is 8.37. The molecule has 138 valence electrons. The molecule has 1 aliphatic heterocycles. The number of hydrogen-bond donors (Lipinski definition) is 3. The van der Waals surface area contributed by atoms with Crippen molar-refractivity contribution in [2.24, 2.45) is 0 Å². The zero-order valence-electron chi connectivity index (χ0n) is 14.2. The lowest BCUT2D eigenvalue weighted by molar-refractivity contribution is 0.0303. The number of hydrogen-bond acceptors (Lipinski definition) is 5. The molecule has 1 aromatic heterocycles. The van der Waals surface area contributed by atoms with E-state index >= 15 is 0 Å². The SMILES string of the molecule is O=C(NCC(O)c1ccco1)Nc1ccc(C(=O)N2CCOCC2)cc1. The van der Waals surface area contributed by atoms with Crippen molar-refractivity contribution in [3.05, 3.63) is 54.0 Å². The van der Waals surface area contributed by atoms with Gasteiger partial charge in [0.2, 0.25) is 0 Å². The van der Waals surface area contributed by atoms with Crippen molar-refractivity contribution in [2.45, 2.75) is 6.10 Å². The van der Waals surface area contributed by atoms with E-state index in [1.54, 1.807) is 41.3 Å². The van der Waals surface area contributed by atoms with Crippen molar-refractivity contribution >= 4 is 17.6 Å². The number of benzene rings is 1.